The number of nitrogens with one attached hydrogen (secondary N) is 1. The van der Waals surface area contributed by atoms with Gasteiger partial charge in [-0.3, -0.25) is 4.79 Å². The number of hydrogen-bond donors (Lipinski definition) is 1. The molecule has 1 aliphatic carbocycles. The van der Waals surface area contributed by atoms with Crippen LogP contribution in [0.2, 0.25) is 0 Å². The molecule has 0 fully saturated rings. The highest BCUT2D eigenvalue weighted by molar-refractivity contribution is 5.98. The van der Waals surface area contributed by atoms with Gasteiger partial charge in [-0.15, -0.1) is 0 Å². The van der Waals surface area contributed by atoms with Crippen LogP contribution in [0.3, 0.4) is 0 Å². The van der Waals surface area contributed by atoms with Crippen LogP contribution in [0, 0.1) is 5.82 Å². The van der Waals surface area contributed by atoms with Gasteiger partial charge in [0.1, 0.15) is 5.82 Å². The summed E-state index contributed by atoms with van der Waals surface area (Å²) in [5.74, 6) is -0.0683. The van der Waals surface area contributed by atoms with Crippen molar-refractivity contribution >= 4 is 5.78 Å². The van der Waals surface area contributed by atoms with E-state index in [4.69, 9.17) is 0 Å². The molecule has 0 radical (unpaired) electrons. The predicted octanol–water partition coefficient (Wildman–Crippen LogP) is 2.33. The Morgan fingerprint density at radius 1 is 1.44 bits per heavy atom. The topological polar surface area (TPSA) is 29.1 Å². The van der Waals surface area contributed by atoms with Gasteiger partial charge in [0.05, 0.1) is 6.42 Å². The van der Waals surface area contributed by atoms with E-state index in [9.17, 15) is 9.18 Å². The minimum absolute atomic E-state index is 0.130. The highest BCUT2D eigenvalue weighted by Gasteiger charge is 2.14. The van der Waals surface area contributed by atoms with E-state index in [2.05, 4.69) is 5.32 Å². The van der Waals surface area contributed by atoms with E-state index >= 15 is 0 Å². The summed E-state index contributed by atoms with van der Waals surface area (Å²) in [6.07, 6.45) is 2.91. The molecular weight excluding hydrogens is 205 g/mol. The van der Waals surface area contributed by atoms with Crippen LogP contribution in [0.5, 0.6) is 0 Å². The first-order chi connectivity index (χ1) is 7.69. The van der Waals surface area contributed by atoms with Crippen molar-refractivity contribution < 1.29 is 9.18 Å². The number of halogens is 1. The van der Waals surface area contributed by atoms with Crippen LogP contribution < -0.4 is 5.32 Å². The van der Waals surface area contributed by atoms with E-state index < -0.39 is 0 Å². The van der Waals surface area contributed by atoms with E-state index in [1.807, 2.05) is 13.0 Å². The van der Waals surface area contributed by atoms with Crippen LogP contribution in [-0.2, 0) is 17.8 Å². The largest absolute Gasteiger partial charge is 0.384 e. The zero-order chi connectivity index (χ0) is 11.5. The van der Waals surface area contributed by atoms with Crippen molar-refractivity contribution in [1.29, 1.82) is 0 Å². The lowest BCUT2D eigenvalue weighted by atomic mass is 10.0. The molecule has 0 spiro atoms. The van der Waals surface area contributed by atoms with E-state index in [1.165, 1.54) is 6.07 Å². The Balaban J connectivity index is 2.03. The number of aryl methyl sites for hydroxylation is 1. The van der Waals surface area contributed by atoms with Crippen LogP contribution >= 0.6 is 0 Å². The van der Waals surface area contributed by atoms with Gasteiger partial charge in [-0.25, -0.2) is 4.39 Å². The molecule has 84 valence electrons. The molecule has 0 saturated carbocycles. The zero-order valence-corrected chi connectivity index (χ0v) is 9.22. The first-order valence-electron chi connectivity index (χ1n) is 5.43. The summed E-state index contributed by atoms with van der Waals surface area (Å²) < 4.78 is 13.4. The molecule has 0 aliphatic heterocycles. The Kier molecular flexibility index (Phi) is 3.04. The van der Waals surface area contributed by atoms with Gasteiger partial charge in [0, 0.05) is 23.9 Å². The molecule has 1 N–H and O–H groups in total. The summed E-state index contributed by atoms with van der Waals surface area (Å²) in [5, 5.41) is 3.06. The molecule has 1 aromatic carbocycles. The number of allylic oxidation sites excluding steroid dienone is 2. The summed E-state index contributed by atoms with van der Waals surface area (Å²) >= 11 is 0. The standard InChI is InChI=1S/C13H14FNO/c1-2-9-3-4-13(14)10(5-9)8-15-11-6-12(16)7-11/h3-6,15H,2,7-8H2,1H3. The third kappa shape index (κ3) is 2.30. The van der Waals surface area contributed by atoms with Gasteiger partial charge in [-0.05, 0) is 18.1 Å². The Bertz CT molecular complexity index is 451. The maximum atomic E-state index is 13.4. The third-order valence-electron chi connectivity index (χ3n) is 2.72. The number of benzene rings is 1. The second-order valence-electron chi connectivity index (χ2n) is 3.95. The number of carbonyl (C=O) groups excluding carboxylic acids is 1. The van der Waals surface area contributed by atoms with Gasteiger partial charge in [0.15, 0.2) is 5.78 Å². The van der Waals surface area contributed by atoms with Crippen LogP contribution in [-0.4, -0.2) is 5.78 Å². The summed E-state index contributed by atoms with van der Waals surface area (Å²) in [7, 11) is 0. The minimum Gasteiger partial charge on any atom is -0.384 e. The molecule has 0 saturated heterocycles. The number of ketones is 1. The first kappa shape index (κ1) is 10.9. The van der Waals surface area contributed by atoms with Gasteiger partial charge >= 0.3 is 0 Å². The fourth-order valence-corrected chi connectivity index (χ4v) is 1.66. The summed E-state index contributed by atoms with van der Waals surface area (Å²) in [4.78, 5) is 10.7. The molecule has 0 unspecified atom stereocenters. The van der Waals surface area contributed by atoms with Crippen molar-refractivity contribution in [2.75, 3.05) is 0 Å². The highest BCUT2D eigenvalue weighted by atomic mass is 19.1. The lowest BCUT2D eigenvalue weighted by Crippen LogP contribution is -2.23. The maximum Gasteiger partial charge on any atom is 0.163 e. The number of carbonyl (C=O) groups is 1. The average Bonchev–Trinajstić information content (AvgIpc) is 2.25. The summed E-state index contributed by atoms with van der Waals surface area (Å²) in [5.41, 5.74) is 2.67. The van der Waals surface area contributed by atoms with Gasteiger partial charge in [-0.1, -0.05) is 19.1 Å². The molecule has 3 heteroatoms. The summed E-state index contributed by atoms with van der Waals surface area (Å²) in [6, 6.07) is 5.16. The van der Waals surface area contributed by atoms with Crippen LogP contribution in [0.1, 0.15) is 24.5 Å². The molecule has 16 heavy (non-hydrogen) atoms. The normalized spacial score (nSPS) is 14.4. The summed E-state index contributed by atoms with van der Waals surface area (Å²) in [6.45, 7) is 2.48. The Morgan fingerprint density at radius 3 is 2.81 bits per heavy atom. The monoisotopic (exact) mass is 219 g/mol. The lowest BCUT2D eigenvalue weighted by molar-refractivity contribution is -0.115. The fraction of sp³-hybridized carbons (Fsp3) is 0.308. The quantitative estimate of drug-likeness (QED) is 0.842. The number of hydrogen-bond acceptors (Lipinski definition) is 2. The third-order valence-corrected chi connectivity index (χ3v) is 2.72. The SMILES string of the molecule is CCc1ccc(F)c(CNC2=CC(=O)C2)c1. The van der Waals surface area contributed by atoms with Gasteiger partial charge in [-0.2, -0.15) is 0 Å². The molecule has 2 nitrogen and oxygen atoms in total. The van der Waals surface area contributed by atoms with Gasteiger partial charge in [0.2, 0.25) is 0 Å². The van der Waals surface area contributed by atoms with Crippen molar-refractivity contribution in [1.82, 2.24) is 5.32 Å². The minimum atomic E-state index is -0.198. The molecule has 0 bridgehead atoms. The molecule has 2 rings (SSSR count). The zero-order valence-electron chi connectivity index (χ0n) is 9.22. The second kappa shape index (κ2) is 4.47. The Hall–Kier alpha value is -1.64. The number of rotatable bonds is 4. The molecule has 1 aromatic rings. The van der Waals surface area contributed by atoms with E-state index in [0.717, 1.165) is 17.7 Å². The van der Waals surface area contributed by atoms with E-state index in [0.29, 0.717) is 18.5 Å². The van der Waals surface area contributed by atoms with Gasteiger partial charge in [0.25, 0.3) is 0 Å². The molecular formula is C13H14FNO. The van der Waals surface area contributed by atoms with Crippen LogP contribution in [0.25, 0.3) is 0 Å². The first-order valence-corrected chi connectivity index (χ1v) is 5.43. The second-order valence-corrected chi connectivity index (χ2v) is 3.95. The Morgan fingerprint density at radius 2 is 2.19 bits per heavy atom. The van der Waals surface area contributed by atoms with Crippen molar-refractivity contribution in [3.05, 3.63) is 46.9 Å². The van der Waals surface area contributed by atoms with Crippen LogP contribution in [0.15, 0.2) is 30.0 Å². The molecule has 0 heterocycles. The Labute approximate surface area is 94.2 Å². The van der Waals surface area contributed by atoms with Gasteiger partial charge < -0.3 is 5.32 Å². The van der Waals surface area contributed by atoms with Crippen molar-refractivity contribution in [2.45, 2.75) is 26.3 Å². The predicted molar refractivity (Wildman–Crippen MR) is 60.3 cm³/mol. The fourth-order valence-electron chi connectivity index (χ4n) is 1.66. The highest BCUT2D eigenvalue weighted by Crippen LogP contribution is 2.14. The molecule has 0 aromatic heterocycles. The molecule has 0 amide bonds. The lowest BCUT2D eigenvalue weighted by Gasteiger charge is -2.16. The molecule has 1 aliphatic rings. The van der Waals surface area contributed by atoms with E-state index in [1.54, 1.807) is 12.1 Å². The van der Waals surface area contributed by atoms with Crippen LogP contribution in [0.4, 0.5) is 4.39 Å². The van der Waals surface area contributed by atoms with Crippen molar-refractivity contribution in [3.63, 3.8) is 0 Å². The van der Waals surface area contributed by atoms with E-state index in [-0.39, 0.29) is 11.6 Å². The average molecular weight is 219 g/mol. The smallest absolute Gasteiger partial charge is 0.163 e. The maximum absolute atomic E-state index is 13.4. The van der Waals surface area contributed by atoms with Crippen molar-refractivity contribution in [3.8, 4) is 0 Å². The molecule has 0 atom stereocenters. The van der Waals surface area contributed by atoms with Crippen molar-refractivity contribution in [2.24, 2.45) is 0 Å².